The first kappa shape index (κ1) is 19.7. The van der Waals surface area contributed by atoms with E-state index in [0.717, 1.165) is 11.8 Å². The van der Waals surface area contributed by atoms with Gasteiger partial charge in [-0.05, 0) is 36.8 Å². The van der Waals surface area contributed by atoms with Crippen LogP contribution in [0.25, 0.3) is 0 Å². The summed E-state index contributed by atoms with van der Waals surface area (Å²) in [5.41, 5.74) is 1.41. The van der Waals surface area contributed by atoms with Gasteiger partial charge in [0, 0.05) is 0 Å². The van der Waals surface area contributed by atoms with Crippen molar-refractivity contribution in [3.63, 3.8) is 0 Å². The summed E-state index contributed by atoms with van der Waals surface area (Å²) in [6.07, 6.45) is 0.966. The van der Waals surface area contributed by atoms with Gasteiger partial charge in [-0.15, -0.1) is 0 Å². The van der Waals surface area contributed by atoms with E-state index in [2.05, 4.69) is 10.0 Å². The number of sulfonamides is 1. The van der Waals surface area contributed by atoms with Gasteiger partial charge in [-0.25, -0.2) is 13.2 Å². The third-order valence-corrected chi connectivity index (χ3v) is 4.08. The molecule has 0 radical (unpaired) electrons. The molecule has 7 nitrogen and oxygen atoms in total. The van der Waals surface area contributed by atoms with Crippen LogP contribution in [0.1, 0.15) is 15.9 Å². The number of para-hydroxylation sites is 1. The summed E-state index contributed by atoms with van der Waals surface area (Å²) in [4.78, 5) is 24.1. The van der Waals surface area contributed by atoms with Gasteiger partial charge in [-0.2, -0.15) is 0 Å². The average Bonchev–Trinajstić information content (AvgIpc) is 2.54. The monoisotopic (exact) mass is 396 g/mol. The van der Waals surface area contributed by atoms with Gasteiger partial charge in [0.25, 0.3) is 5.91 Å². The van der Waals surface area contributed by atoms with Crippen molar-refractivity contribution in [1.82, 2.24) is 0 Å². The summed E-state index contributed by atoms with van der Waals surface area (Å²) in [5, 5.41) is 2.91. The number of ether oxygens (including phenoxy) is 1. The second-order valence-electron chi connectivity index (χ2n) is 5.53. The van der Waals surface area contributed by atoms with Crippen LogP contribution in [0.4, 0.5) is 11.4 Å². The molecule has 2 aromatic rings. The molecule has 0 aromatic heterocycles. The Morgan fingerprint density at radius 1 is 1.12 bits per heavy atom. The lowest BCUT2D eigenvalue weighted by Crippen LogP contribution is -2.22. The minimum Gasteiger partial charge on any atom is -0.452 e. The lowest BCUT2D eigenvalue weighted by molar-refractivity contribution is -0.119. The van der Waals surface area contributed by atoms with Crippen LogP contribution < -0.4 is 10.0 Å². The van der Waals surface area contributed by atoms with E-state index in [9.17, 15) is 18.0 Å². The molecule has 0 heterocycles. The van der Waals surface area contributed by atoms with E-state index in [1.54, 1.807) is 30.3 Å². The lowest BCUT2D eigenvalue weighted by atomic mass is 10.2. The number of amides is 1. The molecule has 0 bridgehead atoms. The third-order valence-electron chi connectivity index (χ3n) is 3.18. The van der Waals surface area contributed by atoms with Crippen LogP contribution >= 0.6 is 11.6 Å². The van der Waals surface area contributed by atoms with Crippen molar-refractivity contribution in [3.8, 4) is 0 Å². The second kappa shape index (κ2) is 8.20. The Morgan fingerprint density at radius 3 is 2.46 bits per heavy atom. The van der Waals surface area contributed by atoms with E-state index < -0.39 is 28.5 Å². The Bertz CT molecular complexity index is 944. The molecule has 9 heteroatoms. The SMILES string of the molecule is Cc1ccc(NC(=O)COC(=O)c2ccccc2NS(C)(=O)=O)c(Cl)c1. The van der Waals surface area contributed by atoms with Crippen molar-refractivity contribution in [2.75, 3.05) is 22.9 Å². The summed E-state index contributed by atoms with van der Waals surface area (Å²) in [6, 6.07) is 11.0. The quantitative estimate of drug-likeness (QED) is 0.731. The number of rotatable bonds is 6. The van der Waals surface area contributed by atoms with E-state index in [1.165, 1.54) is 12.1 Å². The number of anilines is 2. The number of carbonyl (C=O) groups excluding carboxylic acids is 2. The maximum Gasteiger partial charge on any atom is 0.340 e. The summed E-state index contributed by atoms with van der Waals surface area (Å²) >= 11 is 6.03. The molecule has 0 fully saturated rings. The molecule has 1 amide bonds. The highest BCUT2D eigenvalue weighted by Crippen LogP contribution is 2.22. The zero-order valence-corrected chi connectivity index (χ0v) is 15.6. The molecule has 0 saturated carbocycles. The van der Waals surface area contributed by atoms with Gasteiger partial charge in [-0.3, -0.25) is 9.52 Å². The van der Waals surface area contributed by atoms with Crippen molar-refractivity contribution in [1.29, 1.82) is 0 Å². The smallest absolute Gasteiger partial charge is 0.340 e. The molecule has 0 saturated heterocycles. The van der Waals surface area contributed by atoms with Crippen LogP contribution in [0.5, 0.6) is 0 Å². The van der Waals surface area contributed by atoms with Crippen molar-refractivity contribution < 1.29 is 22.7 Å². The molecule has 2 N–H and O–H groups in total. The third kappa shape index (κ3) is 5.75. The molecular weight excluding hydrogens is 380 g/mol. The van der Waals surface area contributed by atoms with Gasteiger partial charge in [0.15, 0.2) is 6.61 Å². The van der Waals surface area contributed by atoms with E-state index in [4.69, 9.17) is 16.3 Å². The Hall–Kier alpha value is -2.58. The van der Waals surface area contributed by atoms with Crippen molar-refractivity contribution in [2.45, 2.75) is 6.92 Å². The average molecular weight is 397 g/mol. The first-order valence-corrected chi connectivity index (χ1v) is 9.72. The van der Waals surface area contributed by atoms with Crippen LogP contribution in [0.3, 0.4) is 0 Å². The fourth-order valence-electron chi connectivity index (χ4n) is 2.07. The number of hydrogen-bond donors (Lipinski definition) is 2. The Kier molecular flexibility index (Phi) is 6.23. The molecule has 0 atom stereocenters. The highest BCUT2D eigenvalue weighted by Gasteiger charge is 2.16. The summed E-state index contributed by atoms with van der Waals surface area (Å²) < 4.78 is 29.9. The van der Waals surface area contributed by atoms with E-state index in [-0.39, 0.29) is 11.3 Å². The number of benzene rings is 2. The highest BCUT2D eigenvalue weighted by atomic mass is 35.5. The first-order chi connectivity index (χ1) is 12.2. The van der Waals surface area contributed by atoms with Gasteiger partial charge < -0.3 is 10.1 Å². The van der Waals surface area contributed by atoms with Crippen molar-refractivity contribution in [2.24, 2.45) is 0 Å². The van der Waals surface area contributed by atoms with Crippen molar-refractivity contribution in [3.05, 3.63) is 58.6 Å². The second-order valence-corrected chi connectivity index (χ2v) is 7.68. The zero-order chi connectivity index (χ0) is 19.3. The van der Waals surface area contributed by atoms with Crippen LogP contribution in [0, 0.1) is 6.92 Å². The molecule has 0 aliphatic heterocycles. The van der Waals surface area contributed by atoms with Gasteiger partial charge in [0.1, 0.15) is 0 Å². The van der Waals surface area contributed by atoms with E-state index in [1.807, 2.05) is 6.92 Å². The van der Waals surface area contributed by atoms with Crippen LogP contribution in [-0.4, -0.2) is 33.2 Å². The molecule has 138 valence electrons. The minimum absolute atomic E-state index is 0.000840. The topological polar surface area (TPSA) is 102 Å². The molecule has 0 unspecified atom stereocenters. The largest absolute Gasteiger partial charge is 0.452 e. The van der Waals surface area contributed by atoms with Gasteiger partial charge >= 0.3 is 5.97 Å². The molecule has 0 aliphatic carbocycles. The fourth-order valence-corrected chi connectivity index (χ4v) is 2.93. The predicted octanol–water partition coefficient (Wildman–Crippen LogP) is 2.82. The summed E-state index contributed by atoms with van der Waals surface area (Å²) in [7, 11) is -3.57. The number of carbonyl (C=O) groups is 2. The molecule has 2 rings (SSSR count). The van der Waals surface area contributed by atoms with Crippen LogP contribution in [0.2, 0.25) is 5.02 Å². The predicted molar refractivity (Wildman–Crippen MR) is 100 cm³/mol. The Balaban J connectivity index is 2.01. The Morgan fingerprint density at radius 2 is 1.81 bits per heavy atom. The number of hydrogen-bond acceptors (Lipinski definition) is 5. The first-order valence-electron chi connectivity index (χ1n) is 7.45. The summed E-state index contributed by atoms with van der Waals surface area (Å²) in [5.74, 6) is -1.40. The van der Waals surface area contributed by atoms with Gasteiger partial charge in [0.2, 0.25) is 10.0 Å². The normalized spacial score (nSPS) is 10.9. The maximum absolute atomic E-state index is 12.2. The lowest BCUT2D eigenvalue weighted by Gasteiger charge is -2.11. The molecule has 2 aromatic carbocycles. The molecule has 0 aliphatic rings. The molecule has 26 heavy (non-hydrogen) atoms. The van der Waals surface area contributed by atoms with Gasteiger partial charge in [-0.1, -0.05) is 29.8 Å². The number of nitrogens with one attached hydrogen (secondary N) is 2. The van der Waals surface area contributed by atoms with E-state index >= 15 is 0 Å². The number of aryl methyl sites for hydroxylation is 1. The van der Waals surface area contributed by atoms with Crippen LogP contribution in [0.15, 0.2) is 42.5 Å². The standard InChI is InChI=1S/C17H17ClN2O5S/c1-11-7-8-15(13(18)9-11)19-16(21)10-25-17(22)12-5-3-4-6-14(12)20-26(2,23)24/h3-9,20H,10H2,1-2H3,(H,19,21). The molecule has 0 spiro atoms. The van der Waals surface area contributed by atoms with Gasteiger partial charge in [0.05, 0.1) is 28.2 Å². The Labute approximate surface area is 156 Å². The minimum atomic E-state index is -3.57. The van der Waals surface area contributed by atoms with E-state index in [0.29, 0.717) is 10.7 Å². The fraction of sp³-hybridized carbons (Fsp3) is 0.176. The highest BCUT2D eigenvalue weighted by molar-refractivity contribution is 7.92. The number of esters is 1. The number of halogens is 1. The summed E-state index contributed by atoms with van der Waals surface area (Å²) in [6.45, 7) is 1.32. The molecular formula is C17H17ClN2O5S. The maximum atomic E-state index is 12.2. The van der Waals surface area contributed by atoms with Crippen LogP contribution in [-0.2, 0) is 19.6 Å². The zero-order valence-electron chi connectivity index (χ0n) is 14.1. The van der Waals surface area contributed by atoms with Crippen molar-refractivity contribution >= 4 is 44.9 Å².